The quantitative estimate of drug-likeness (QED) is 0.518. The van der Waals surface area contributed by atoms with E-state index in [9.17, 15) is 13.2 Å². The molecular weight excluding hydrogens is 452 g/mol. The summed E-state index contributed by atoms with van der Waals surface area (Å²) in [5, 5.41) is 0. The van der Waals surface area contributed by atoms with Crippen molar-refractivity contribution in [2.75, 3.05) is 40.4 Å². The van der Waals surface area contributed by atoms with Gasteiger partial charge in [0.25, 0.3) is 5.91 Å². The molecule has 3 aromatic carbocycles. The van der Waals surface area contributed by atoms with Crippen molar-refractivity contribution in [1.82, 2.24) is 9.21 Å². The van der Waals surface area contributed by atoms with Gasteiger partial charge in [-0.25, -0.2) is 8.42 Å². The molecular formula is C26H28N2O5S. The van der Waals surface area contributed by atoms with E-state index in [1.54, 1.807) is 11.0 Å². The van der Waals surface area contributed by atoms with E-state index in [-0.39, 0.29) is 23.9 Å². The molecule has 0 atom stereocenters. The van der Waals surface area contributed by atoms with E-state index in [1.807, 2.05) is 54.6 Å². The van der Waals surface area contributed by atoms with Crippen molar-refractivity contribution in [3.63, 3.8) is 0 Å². The van der Waals surface area contributed by atoms with Gasteiger partial charge in [-0.05, 0) is 35.7 Å². The van der Waals surface area contributed by atoms with Crippen LogP contribution in [0.15, 0.2) is 77.7 Å². The number of sulfonamides is 1. The molecule has 0 radical (unpaired) electrons. The Balaban J connectivity index is 1.47. The number of hydrogen-bond donors (Lipinski definition) is 0. The van der Waals surface area contributed by atoms with Crippen LogP contribution >= 0.6 is 0 Å². The molecule has 1 saturated heterocycles. The van der Waals surface area contributed by atoms with Crippen LogP contribution in [0.1, 0.15) is 21.5 Å². The third-order valence-electron chi connectivity index (χ3n) is 6.00. The second-order valence-corrected chi connectivity index (χ2v) is 9.97. The molecule has 0 N–H and O–H groups in total. The fourth-order valence-corrected chi connectivity index (χ4v) is 5.56. The molecule has 1 aliphatic heterocycles. The fourth-order valence-electron chi connectivity index (χ4n) is 4.13. The molecule has 8 heteroatoms. The van der Waals surface area contributed by atoms with Gasteiger partial charge < -0.3 is 14.4 Å². The van der Waals surface area contributed by atoms with Crippen LogP contribution in [0.4, 0.5) is 0 Å². The topological polar surface area (TPSA) is 76.2 Å². The maximum absolute atomic E-state index is 13.3. The van der Waals surface area contributed by atoms with Gasteiger partial charge in [-0.15, -0.1) is 0 Å². The van der Waals surface area contributed by atoms with Crippen molar-refractivity contribution in [2.45, 2.75) is 11.3 Å². The van der Waals surface area contributed by atoms with Crippen molar-refractivity contribution in [3.05, 3.63) is 89.5 Å². The Hall–Kier alpha value is -3.36. The van der Waals surface area contributed by atoms with Gasteiger partial charge >= 0.3 is 0 Å². The Morgan fingerprint density at radius 2 is 1.47 bits per heavy atom. The average molecular weight is 481 g/mol. The molecule has 0 spiro atoms. The Kier molecular flexibility index (Phi) is 7.19. The lowest BCUT2D eigenvalue weighted by atomic mass is 9.99. The Labute approximate surface area is 200 Å². The molecule has 1 heterocycles. The highest BCUT2D eigenvalue weighted by atomic mass is 32.2. The van der Waals surface area contributed by atoms with E-state index in [1.165, 1.54) is 30.7 Å². The molecule has 1 aliphatic rings. The SMILES string of the molecule is COc1ccc(S(=O)(=O)N2CCN(C(=O)c3ccccc3Cc3ccccc3)CC2)cc1OC. The molecule has 178 valence electrons. The Bertz CT molecular complexity index is 1250. The van der Waals surface area contributed by atoms with Crippen LogP contribution in [0.25, 0.3) is 0 Å². The number of ether oxygens (including phenoxy) is 2. The standard InChI is InChI=1S/C26H28N2O5S/c1-32-24-13-12-22(19-25(24)33-2)34(30,31)28-16-14-27(15-17-28)26(29)23-11-7-6-10-21(23)18-20-8-4-3-5-9-20/h3-13,19H,14-18H2,1-2H3. The third kappa shape index (κ3) is 4.93. The minimum Gasteiger partial charge on any atom is -0.493 e. The second-order valence-electron chi connectivity index (χ2n) is 8.03. The summed E-state index contributed by atoms with van der Waals surface area (Å²) < 4.78 is 38.2. The number of amides is 1. The minimum absolute atomic E-state index is 0.0744. The summed E-state index contributed by atoms with van der Waals surface area (Å²) in [4.78, 5) is 15.2. The minimum atomic E-state index is -3.72. The maximum atomic E-state index is 13.3. The summed E-state index contributed by atoms with van der Waals surface area (Å²) >= 11 is 0. The summed E-state index contributed by atoms with van der Waals surface area (Å²) in [6, 6.07) is 22.2. The van der Waals surface area contributed by atoms with Gasteiger partial charge in [0.1, 0.15) is 0 Å². The molecule has 0 aliphatic carbocycles. The third-order valence-corrected chi connectivity index (χ3v) is 7.90. The molecule has 0 unspecified atom stereocenters. The lowest BCUT2D eigenvalue weighted by molar-refractivity contribution is 0.0697. The first-order valence-corrected chi connectivity index (χ1v) is 12.5. The normalized spacial score (nSPS) is 14.6. The first kappa shape index (κ1) is 23.8. The van der Waals surface area contributed by atoms with E-state index < -0.39 is 10.0 Å². The second kappa shape index (κ2) is 10.3. The van der Waals surface area contributed by atoms with Gasteiger partial charge in [0.05, 0.1) is 19.1 Å². The molecule has 34 heavy (non-hydrogen) atoms. The van der Waals surface area contributed by atoms with Crippen molar-refractivity contribution in [1.29, 1.82) is 0 Å². The van der Waals surface area contributed by atoms with Crippen LogP contribution in [-0.4, -0.2) is 63.9 Å². The molecule has 0 bridgehead atoms. The summed E-state index contributed by atoms with van der Waals surface area (Å²) in [5.74, 6) is 0.744. The van der Waals surface area contributed by atoms with E-state index in [4.69, 9.17) is 9.47 Å². The van der Waals surface area contributed by atoms with E-state index >= 15 is 0 Å². The predicted molar refractivity (Wildman–Crippen MR) is 130 cm³/mol. The van der Waals surface area contributed by atoms with E-state index in [2.05, 4.69) is 0 Å². The van der Waals surface area contributed by atoms with Gasteiger partial charge in [0.2, 0.25) is 10.0 Å². The number of methoxy groups -OCH3 is 2. The van der Waals surface area contributed by atoms with Crippen molar-refractivity contribution >= 4 is 15.9 Å². The van der Waals surface area contributed by atoms with E-state index in [0.29, 0.717) is 36.6 Å². The number of rotatable bonds is 7. The number of carbonyl (C=O) groups excluding carboxylic acids is 1. The maximum Gasteiger partial charge on any atom is 0.254 e. The number of piperazine rings is 1. The number of hydrogen-bond acceptors (Lipinski definition) is 5. The summed E-state index contributed by atoms with van der Waals surface area (Å²) in [6.45, 7) is 1.10. The summed E-state index contributed by atoms with van der Waals surface area (Å²) in [6.07, 6.45) is 0.663. The van der Waals surface area contributed by atoms with Gasteiger partial charge in [-0.3, -0.25) is 4.79 Å². The molecule has 0 aromatic heterocycles. The Morgan fingerprint density at radius 3 is 2.15 bits per heavy atom. The highest BCUT2D eigenvalue weighted by Crippen LogP contribution is 2.31. The van der Waals surface area contributed by atoms with Crippen molar-refractivity contribution < 1.29 is 22.7 Å². The van der Waals surface area contributed by atoms with E-state index in [0.717, 1.165) is 11.1 Å². The van der Waals surface area contributed by atoms with Crippen molar-refractivity contribution in [3.8, 4) is 11.5 Å². The molecule has 1 fully saturated rings. The van der Waals surface area contributed by atoms with Crippen LogP contribution in [-0.2, 0) is 16.4 Å². The largest absolute Gasteiger partial charge is 0.493 e. The Morgan fingerprint density at radius 1 is 0.824 bits per heavy atom. The van der Waals surface area contributed by atoms with Crippen LogP contribution in [0.2, 0.25) is 0 Å². The average Bonchev–Trinajstić information content (AvgIpc) is 2.89. The highest BCUT2D eigenvalue weighted by Gasteiger charge is 2.31. The number of nitrogens with zero attached hydrogens (tertiary/aromatic N) is 2. The van der Waals surface area contributed by atoms with Crippen LogP contribution in [0.3, 0.4) is 0 Å². The monoisotopic (exact) mass is 480 g/mol. The van der Waals surface area contributed by atoms with Crippen molar-refractivity contribution in [2.24, 2.45) is 0 Å². The zero-order chi connectivity index (χ0) is 24.1. The first-order chi connectivity index (χ1) is 16.4. The number of benzene rings is 3. The van der Waals surface area contributed by atoms with Crippen LogP contribution in [0.5, 0.6) is 11.5 Å². The molecule has 0 saturated carbocycles. The molecule has 1 amide bonds. The molecule has 3 aromatic rings. The van der Waals surface area contributed by atoms with Gasteiger partial charge in [-0.1, -0.05) is 48.5 Å². The summed E-state index contributed by atoms with van der Waals surface area (Å²) in [5.41, 5.74) is 2.75. The van der Waals surface area contributed by atoms with Gasteiger partial charge in [0.15, 0.2) is 11.5 Å². The zero-order valence-electron chi connectivity index (χ0n) is 19.3. The zero-order valence-corrected chi connectivity index (χ0v) is 20.1. The number of carbonyl (C=O) groups is 1. The lowest BCUT2D eigenvalue weighted by Crippen LogP contribution is -2.50. The van der Waals surface area contributed by atoms with Gasteiger partial charge in [-0.2, -0.15) is 4.31 Å². The lowest BCUT2D eigenvalue weighted by Gasteiger charge is -2.34. The smallest absolute Gasteiger partial charge is 0.254 e. The van der Waals surface area contributed by atoms with Gasteiger partial charge in [0, 0.05) is 37.8 Å². The van der Waals surface area contributed by atoms with Crippen LogP contribution < -0.4 is 9.47 Å². The first-order valence-electron chi connectivity index (χ1n) is 11.1. The predicted octanol–water partition coefficient (Wildman–Crippen LogP) is 3.44. The highest BCUT2D eigenvalue weighted by molar-refractivity contribution is 7.89. The molecule has 4 rings (SSSR count). The summed E-state index contributed by atoms with van der Waals surface area (Å²) in [7, 11) is -0.756. The fraction of sp³-hybridized carbons (Fsp3) is 0.269. The molecule has 7 nitrogen and oxygen atoms in total. The van der Waals surface area contributed by atoms with Crippen LogP contribution in [0, 0.1) is 0 Å².